The Morgan fingerprint density at radius 3 is 2.33 bits per heavy atom. The van der Waals surface area contributed by atoms with E-state index in [9.17, 15) is 10.1 Å². The van der Waals surface area contributed by atoms with Crippen molar-refractivity contribution in [2.45, 2.75) is 6.04 Å². The molecule has 0 saturated heterocycles. The molecule has 27 heavy (non-hydrogen) atoms. The predicted octanol–water partition coefficient (Wildman–Crippen LogP) is 2.94. The number of anilines is 1. The van der Waals surface area contributed by atoms with E-state index >= 15 is 0 Å². The van der Waals surface area contributed by atoms with Gasteiger partial charge in [-0.05, 0) is 23.8 Å². The molecular weight excluding hydrogens is 350 g/mol. The van der Waals surface area contributed by atoms with Crippen LogP contribution >= 0.6 is 0 Å². The Kier molecular flexibility index (Phi) is 5.20. The van der Waals surface area contributed by atoms with E-state index in [1.165, 1.54) is 12.3 Å². The number of aromatic nitrogens is 3. The van der Waals surface area contributed by atoms with Gasteiger partial charge in [0.1, 0.15) is 35.4 Å². The Morgan fingerprint density at radius 2 is 1.85 bits per heavy atom. The first kappa shape index (κ1) is 18.2. The van der Waals surface area contributed by atoms with Crippen LogP contribution in [0.5, 0.6) is 11.5 Å². The lowest BCUT2D eigenvalue weighted by Crippen LogP contribution is -2.17. The second-order valence-electron chi connectivity index (χ2n) is 5.78. The van der Waals surface area contributed by atoms with Crippen molar-refractivity contribution in [3.63, 3.8) is 0 Å². The lowest BCUT2D eigenvalue weighted by atomic mass is 10.0. The third-order valence-corrected chi connectivity index (χ3v) is 4.07. The molecular formula is C18H19N5O4. The van der Waals surface area contributed by atoms with Gasteiger partial charge in [0.2, 0.25) is 0 Å². The maximum atomic E-state index is 10.8. The Morgan fingerprint density at radius 1 is 1.15 bits per heavy atom. The van der Waals surface area contributed by atoms with E-state index in [2.05, 4.69) is 15.3 Å². The fourth-order valence-electron chi connectivity index (χ4n) is 2.68. The summed E-state index contributed by atoms with van der Waals surface area (Å²) < 4.78 is 12.6. The fourth-order valence-corrected chi connectivity index (χ4v) is 2.68. The summed E-state index contributed by atoms with van der Waals surface area (Å²) in [4.78, 5) is 18.9. The second kappa shape index (κ2) is 7.73. The average Bonchev–Trinajstić information content (AvgIpc) is 3.11. The van der Waals surface area contributed by atoms with Crippen LogP contribution in [0.15, 0.2) is 48.9 Å². The number of rotatable bonds is 7. The highest BCUT2D eigenvalue weighted by molar-refractivity contribution is 5.48. The number of hydrogen-bond acceptors (Lipinski definition) is 7. The molecule has 0 fully saturated rings. The highest BCUT2D eigenvalue weighted by atomic mass is 16.6. The van der Waals surface area contributed by atoms with Crippen LogP contribution in [-0.2, 0) is 7.05 Å². The van der Waals surface area contributed by atoms with E-state index in [1.54, 1.807) is 32.5 Å². The van der Waals surface area contributed by atoms with Crippen molar-refractivity contribution in [3.05, 3.63) is 70.4 Å². The first-order valence-electron chi connectivity index (χ1n) is 8.09. The van der Waals surface area contributed by atoms with Crippen LogP contribution in [0.3, 0.4) is 0 Å². The molecule has 3 aromatic rings. The number of aryl methyl sites for hydroxylation is 1. The topological polar surface area (TPSA) is 104 Å². The Hall–Kier alpha value is -3.62. The monoisotopic (exact) mass is 369 g/mol. The number of hydrogen-bond donors (Lipinski definition) is 1. The summed E-state index contributed by atoms with van der Waals surface area (Å²) in [6, 6.07) is 8.12. The number of nitro groups is 1. The molecule has 0 spiro atoms. The maximum Gasteiger partial charge on any atom is 0.287 e. The summed E-state index contributed by atoms with van der Waals surface area (Å²) in [7, 11) is 5.05. The summed E-state index contributed by atoms with van der Waals surface area (Å²) in [6.45, 7) is 0. The van der Waals surface area contributed by atoms with Gasteiger partial charge >= 0.3 is 0 Å². The van der Waals surface area contributed by atoms with E-state index in [4.69, 9.17) is 9.47 Å². The Balaban J connectivity index is 2.02. The van der Waals surface area contributed by atoms with E-state index in [1.807, 2.05) is 29.9 Å². The first-order chi connectivity index (χ1) is 13.0. The molecule has 0 radical (unpaired) electrons. The van der Waals surface area contributed by atoms with Crippen molar-refractivity contribution in [2.24, 2.45) is 7.05 Å². The number of methoxy groups -OCH3 is 2. The summed E-state index contributed by atoms with van der Waals surface area (Å²) in [5, 5.41) is 14.1. The Bertz CT molecular complexity index is 917. The van der Waals surface area contributed by atoms with Gasteiger partial charge in [0.25, 0.3) is 5.69 Å². The molecule has 2 aromatic heterocycles. The molecule has 1 aromatic carbocycles. The first-order valence-corrected chi connectivity index (χ1v) is 8.09. The summed E-state index contributed by atoms with van der Waals surface area (Å²) in [5.74, 6) is 2.50. The minimum absolute atomic E-state index is 0.0721. The molecule has 1 unspecified atom stereocenters. The van der Waals surface area contributed by atoms with E-state index in [0.717, 1.165) is 11.4 Å². The zero-order valence-corrected chi connectivity index (χ0v) is 15.1. The van der Waals surface area contributed by atoms with Crippen molar-refractivity contribution in [1.29, 1.82) is 0 Å². The van der Waals surface area contributed by atoms with Crippen LogP contribution in [0.4, 0.5) is 11.5 Å². The minimum atomic E-state index is -0.486. The number of benzene rings is 1. The quantitative estimate of drug-likeness (QED) is 0.504. The molecule has 0 aliphatic rings. The second-order valence-corrected chi connectivity index (χ2v) is 5.78. The zero-order valence-electron chi connectivity index (χ0n) is 15.1. The van der Waals surface area contributed by atoms with Gasteiger partial charge in [-0.15, -0.1) is 0 Å². The normalized spacial score (nSPS) is 11.7. The molecule has 2 heterocycles. The maximum absolute atomic E-state index is 10.8. The molecule has 9 heteroatoms. The molecule has 9 nitrogen and oxygen atoms in total. The molecule has 0 bridgehead atoms. The standard InChI is InChI=1S/C18H19N5O4/c1-22-7-6-19-18(22)17(12-8-14(26-2)10-15(9-12)27-3)21-16-5-4-13(11-20-16)23(24)25/h4-11,17H,1-3H3,(H,20,21). The van der Waals surface area contributed by atoms with Crippen LogP contribution < -0.4 is 14.8 Å². The molecule has 0 saturated carbocycles. The lowest BCUT2D eigenvalue weighted by Gasteiger charge is -2.21. The number of ether oxygens (including phenoxy) is 2. The van der Waals surface area contributed by atoms with Gasteiger partial charge in [-0.2, -0.15) is 0 Å². The third-order valence-electron chi connectivity index (χ3n) is 4.07. The number of nitrogens with one attached hydrogen (secondary N) is 1. The zero-order chi connectivity index (χ0) is 19.4. The van der Waals surface area contributed by atoms with Crippen molar-refractivity contribution in [2.75, 3.05) is 19.5 Å². The van der Waals surface area contributed by atoms with Gasteiger partial charge < -0.3 is 19.4 Å². The van der Waals surface area contributed by atoms with Gasteiger partial charge in [0, 0.05) is 31.6 Å². The van der Waals surface area contributed by atoms with E-state index < -0.39 is 4.92 Å². The summed E-state index contributed by atoms with van der Waals surface area (Å²) in [5.41, 5.74) is 0.776. The van der Waals surface area contributed by atoms with E-state index in [-0.39, 0.29) is 11.7 Å². The van der Waals surface area contributed by atoms with Gasteiger partial charge in [0.05, 0.1) is 19.1 Å². The van der Waals surface area contributed by atoms with Crippen LogP contribution in [0, 0.1) is 10.1 Å². The van der Waals surface area contributed by atoms with Crippen LogP contribution in [0.25, 0.3) is 0 Å². The molecule has 0 aliphatic heterocycles. The largest absolute Gasteiger partial charge is 0.497 e. The lowest BCUT2D eigenvalue weighted by molar-refractivity contribution is -0.385. The van der Waals surface area contributed by atoms with Crippen LogP contribution in [-0.4, -0.2) is 33.7 Å². The molecule has 1 N–H and O–H groups in total. The molecule has 0 aliphatic carbocycles. The summed E-state index contributed by atoms with van der Waals surface area (Å²) in [6.07, 6.45) is 4.75. The number of nitrogens with zero attached hydrogens (tertiary/aromatic N) is 4. The molecule has 1 atom stereocenters. The van der Waals surface area contributed by atoms with Crippen molar-refractivity contribution in [1.82, 2.24) is 14.5 Å². The molecule has 140 valence electrons. The molecule has 3 rings (SSSR count). The highest BCUT2D eigenvalue weighted by Crippen LogP contribution is 2.31. The predicted molar refractivity (Wildman–Crippen MR) is 99.1 cm³/mol. The van der Waals surface area contributed by atoms with Gasteiger partial charge in [0.15, 0.2) is 0 Å². The van der Waals surface area contributed by atoms with Crippen LogP contribution in [0.1, 0.15) is 17.4 Å². The van der Waals surface area contributed by atoms with Crippen molar-refractivity contribution in [3.8, 4) is 11.5 Å². The average molecular weight is 369 g/mol. The van der Waals surface area contributed by atoms with Crippen molar-refractivity contribution >= 4 is 11.5 Å². The SMILES string of the molecule is COc1cc(OC)cc(C(Nc2ccc([N+](=O)[O-])cn2)c2nccn2C)c1. The van der Waals surface area contributed by atoms with Gasteiger partial charge in [-0.3, -0.25) is 10.1 Å². The van der Waals surface area contributed by atoms with Crippen LogP contribution in [0.2, 0.25) is 0 Å². The smallest absolute Gasteiger partial charge is 0.287 e. The molecule has 0 amide bonds. The van der Waals surface area contributed by atoms with Gasteiger partial charge in [-0.1, -0.05) is 0 Å². The fraction of sp³-hybridized carbons (Fsp3) is 0.222. The van der Waals surface area contributed by atoms with Crippen molar-refractivity contribution < 1.29 is 14.4 Å². The number of imidazole rings is 1. The minimum Gasteiger partial charge on any atom is -0.497 e. The summed E-state index contributed by atoms with van der Waals surface area (Å²) >= 11 is 0. The van der Waals surface area contributed by atoms with E-state index in [0.29, 0.717) is 17.3 Å². The highest BCUT2D eigenvalue weighted by Gasteiger charge is 2.21. The third kappa shape index (κ3) is 3.97. The van der Waals surface area contributed by atoms with Gasteiger partial charge in [-0.25, -0.2) is 9.97 Å². The Labute approximate surface area is 155 Å². The number of pyridine rings is 1.